The van der Waals surface area contributed by atoms with E-state index in [1.165, 1.54) is 64.2 Å². The topological polar surface area (TPSA) is 165 Å². The number of phosphoric acid groups is 1. The number of nitrogens with one attached hydrogen (secondary N) is 1. The predicted octanol–water partition coefficient (Wildman–Crippen LogP) is 7.93. The molecule has 12 heteroatoms. The van der Waals surface area contributed by atoms with E-state index < -0.39 is 38.8 Å². The minimum absolute atomic E-state index is 0.0186. The lowest BCUT2D eigenvalue weighted by Gasteiger charge is -2.30. The van der Waals surface area contributed by atoms with Gasteiger partial charge in [-0.2, -0.15) is 0 Å². The average Bonchev–Trinajstić information content (AvgIpc) is 3.39. The largest absolute Gasteiger partial charge is 0.756 e. The van der Waals surface area contributed by atoms with E-state index in [1.54, 1.807) is 12.2 Å². The second-order valence-electron chi connectivity index (χ2n) is 17.2. The molecule has 1 fully saturated rings. The van der Waals surface area contributed by atoms with Gasteiger partial charge < -0.3 is 39.1 Å². The fourth-order valence-electron chi connectivity index (χ4n) is 7.30. The van der Waals surface area contributed by atoms with Gasteiger partial charge in [0.15, 0.2) is 0 Å². The van der Waals surface area contributed by atoms with E-state index in [4.69, 9.17) is 9.05 Å². The van der Waals surface area contributed by atoms with Gasteiger partial charge in [0.05, 0.1) is 52.1 Å². The van der Waals surface area contributed by atoms with Crippen LogP contribution in [0, 0.1) is 11.8 Å². The van der Waals surface area contributed by atoms with Crippen LogP contribution in [0.3, 0.4) is 0 Å². The minimum Gasteiger partial charge on any atom is -0.756 e. The zero-order valence-electron chi connectivity index (χ0n) is 35.6. The lowest BCUT2D eigenvalue weighted by Crippen LogP contribution is -2.46. The number of hydrogen-bond donors (Lipinski definition) is 4. The van der Waals surface area contributed by atoms with Crippen molar-refractivity contribution in [3.63, 3.8) is 0 Å². The smallest absolute Gasteiger partial charge is 0.268 e. The molecule has 0 aromatic rings. The number of aliphatic hydroxyl groups is 3. The normalized spacial score (nSPS) is 20.5. The third kappa shape index (κ3) is 27.2. The first kappa shape index (κ1) is 51.8. The van der Waals surface area contributed by atoms with Gasteiger partial charge in [-0.25, -0.2) is 0 Å². The molecule has 1 unspecified atom stereocenters. The van der Waals surface area contributed by atoms with Crippen molar-refractivity contribution in [3.8, 4) is 0 Å². The SMILES string of the molecule is CCCCCCCCCCCCCCC[C@@H](O)[C@H](COP(=O)([O-])OCC[N+](C)(C)C)NC(=O)CCCCCC[C@H]1[C@@H](O)CC(=O)[C@@H]1/C=C/[C@@H](O)CCCCC. The molecule has 11 nitrogen and oxygen atoms in total. The van der Waals surface area contributed by atoms with Gasteiger partial charge in [-0.1, -0.05) is 148 Å². The van der Waals surface area contributed by atoms with Gasteiger partial charge in [0.1, 0.15) is 18.9 Å². The Morgan fingerprint density at radius 1 is 0.836 bits per heavy atom. The molecule has 1 aliphatic carbocycles. The van der Waals surface area contributed by atoms with Gasteiger partial charge in [0.25, 0.3) is 7.82 Å². The van der Waals surface area contributed by atoms with Crippen molar-refractivity contribution < 1.29 is 47.9 Å². The summed E-state index contributed by atoms with van der Waals surface area (Å²) in [6, 6.07) is -0.884. The summed E-state index contributed by atoms with van der Waals surface area (Å²) in [6.45, 7) is 4.40. The van der Waals surface area contributed by atoms with Gasteiger partial charge in [-0.15, -0.1) is 0 Å². The molecule has 1 saturated carbocycles. The highest BCUT2D eigenvalue weighted by atomic mass is 31.2. The van der Waals surface area contributed by atoms with E-state index in [1.807, 2.05) is 21.1 Å². The molecule has 1 aliphatic rings. The number of phosphoric ester groups is 1. The van der Waals surface area contributed by atoms with Crippen molar-refractivity contribution in [2.24, 2.45) is 11.8 Å². The van der Waals surface area contributed by atoms with Crippen LogP contribution in [0.2, 0.25) is 0 Å². The van der Waals surface area contributed by atoms with Crippen LogP contribution in [0.15, 0.2) is 12.2 Å². The number of amides is 1. The zero-order valence-corrected chi connectivity index (χ0v) is 36.5. The summed E-state index contributed by atoms with van der Waals surface area (Å²) in [5.41, 5.74) is 0. The summed E-state index contributed by atoms with van der Waals surface area (Å²) in [4.78, 5) is 38.0. The van der Waals surface area contributed by atoms with Crippen LogP contribution in [0.25, 0.3) is 0 Å². The van der Waals surface area contributed by atoms with E-state index >= 15 is 0 Å². The molecule has 4 N–H and O–H groups in total. The summed E-state index contributed by atoms with van der Waals surface area (Å²) in [5.74, 6) is -0.797. The summed E-state index contributed by atoms with van der Waals surface area (Å²) < 4.78 is 23.2. The number of ketones is 1. The second kappa shape index (κ2) is 30.8. The van der Waals surface area contributed by atoms with Crippen molar-refractivity contribution in [2.75, 3.05) is 40.9 Å². The third-order valence-corrected chi connectivity index (χ3v) is 11.9. The Bertz CT molecular complexity index is 1070. The van der Waals surface area contributed by atoms with E-state index in [0.29, 0.717) is 36.7 Å². The highest BCUT2D eigenvalue weighted by Gasteiger charge is 2.39. The molecule has 1 rings (SSSR count). The first-order valence-corrected chi connectivity index (χ1v) is 23.6. The Morgan fingerprint density at radius 2 is 1.36 bits per heavy atom. The van der Waals surface area contributed by atoms with Crippen LogP contribution in [0.1, 0.15) is 174 Å². The lowest BCUT2D eigenvalue weighted by molar-refractivity contribution is -0.870. The molecule has 324 valence electrons. The molecular weight excluding hydrogens is 719 g/mol. The third-order valence-electron chi connectivity index (χ3n) is 10.9. The van der Waals surface area contributed by atoms with Crippen LogP contribution >= 0.6 is 7.82 Å². The molecule has 0 bridgehead atoms. The quantitative estimate of drug-likeness (QED) is 0.0213. The van der Waals surface area contributed by atoms with Gasteiger partial charge in [-0.3, -0.25) is 14.2 Å². The number of unbranched alkanes of at least 4 members (excludes halogenated alkanes) is 17. The first-order chi connectivity index (χ1) is 26.2. The average molecular weight is 803 g/mol. The molecule has 0 radical (unpaired) electrons. The van der Waals surface area contributed by atoms with Crippen molar-refractivity contribution in [1.82, 2.24) is 5.32 Å². The molecule has 0 aromatic heterocycles. The van der Waals surface area contributed by atoms with Crippen LogP contribution in [0.5, 0.6) is 0 Å². The lowest BCUT2D eigenvalue weighted by atomic mass is 9.88. The molecule has 0 spiro atoms. The standard InChI is InChI=1S/C43H83N2O9P/c1-6-8-10-11-12-13-14-15-16-17-18-19-24-28-40(47)39(35-54-55(51,52)53-33-32-45(3,4)5)44-43(50)29-25-21-20-23-27-37-38(42(49)34-41(37)48)31-30-36(46)26-22-9-7-2/h30-31,36-41,46-48H,6-29,32-35H2,1-5H3,(H-,44,50,51,52)/b31-30+/t36-,37+,38+,39-,40+,41-/m0/s1. The number of quaternary nitrogens is 1. The van der Waals surface area contributed by atoms with E-state index in [9.17, 15) is 34.4 Å². The Morgan fingerprint density at radius 3 is 1.96 bits per heavy atom. The van der Waals surface area contributed by atoms with Crippen molar-refractivity contribution >= 4 is 19.5 Å². The van der Waals surface area contributed by atoms with Gasteiger partial charge in [-0.05, 0) is 31.6 Å². The number of allylic oxidation sites excluding steroid dienone is 1. The van der Waals surface area contributed by atoms with E-state index in [0.717, 1.165) is 57.8 Å². The minimum atomic E-state index is -4.63. The molecule has 0 aromatic carbocycles. The van der Waals surface area contributed by atoms with Crippen LogP contribution in [-0.2, 0) is 23.2 Å². The maximum atomic E-state index is 13.0. The number of hydrogen-bond acceptors (Lipinski definition) is 9. The number of nitrogens with zero attached hydrogens (tertiary/aromatic N) is 1. The maximum Gasteiger partial charge on any atom is 0.268 e. The Hall–Kier alpha value is -1.17. The summed E-state index contributed by atoms with van der Waals surface area (Å²) in [5, 5.41) is 34.7. The van der Waals surface area contributed by atoms with Crippen LogP contribution in [-0.4, -0.2) is 96.7 Å². The summed E-state index contributed by atoms with van der Waals surface area (Å²) >= 11 is 0. The summed E-state index contributed by atoms with van der Waals surface area (Å²) in [6.07, 6.45) is 25.3. The molecule has 55 heavy (non-hydrogen) atoms. The van der Waals surface area contributed by atoms with Crippen molar-refractivity contribution in [1.29, 1.82) is 0 Å². The fraction of sp³-hybridized carbons (Fsp3) is 0.907. The van der Waals surface area contributed by atoms with Gasteiger partial charge in [0, 0.05) is 18.8 Å². The molecule has 0 aliphatic heterocycles. The number of Topliss-reactive ketones (excluding diaryl/α,β-unsaturated/α-hetero) is 1. The second-order valence-corrected chi connectivity index (χ2v) is 18.6. The van der Waals surface area contributed by atoms with E-state index in [2.05, 4.69) is 19.2 Å². The molecule has 1 amide bonds. The highest BCUT2D eigenvalue weighted by molar-refractivity contribution is 7.45. The monoisotopic (exact) mass is 803 g/mol. The van der Waals surface area contributed by atoms with E-state index in [-0.39, 0.29) is 43.0 Å². The van der Waals surface area contributed by atoms with Crippen molar-refractivity contribution in [3.05, 3.63) is 12.2 Å². The first-order valence-electron chi connectivity index (χ1n) is 22.1. The fourth-order valence-corrected chi connectivity index (χ4v) is 8.02. The van der Waals surface area contributed by atoms with Crippen LogP contribution in [0.4, 0.5) is 0 Å². The summed E-state index contributed by atoms with van der Waals surface area (Å²) in [7, 11) is 1.16. The number of aliphatic hydroxyl groups excluding tert-OH is 3. The molecular formula is C43H83N2O9P. The Balaban J connectivity index is 2.51. The number of likely N-dealkylation sites (N-methyl/N-ethyl adjacent to an activating group) is 1. The van der Waals surface area contributed by atoms with Gasteiger partial charge >= 0.3 is 0 Å². The number of carbonyl (C=O) groups excluding carboxylic acids is 2. The Labute approximate surface area is 335 Å². The molecule has 7 atom stereocenters. The van der Waals surface area contributed by atoms with Crippen LogP contribution < -0.4 is 10.2 Å². The molecule has 0 heterocycles. The molecule has 0 saturated heterocycles. The zero-order chi connectivity index (χ0) is 41.0. The number of rotatable bonds is 36. The maximum absolute atomic E-state index is 13.0. The number of carbonyl (C=O) groups is 2. The van der Waals surface area contributed by atoms with Gasteiger partial charge in [0.2, 0.25) is 5.91 Å². The Kier molecular flexibility index (Phi) is 29.1. The predicted molar refractivity (Wildman–Crippen MR) is 220 cm³/mol. The highest BCUT2D eigenvalue weighted by Crippen LogP contribution is 2.38. The van der Waals surface area contributed by atoms with Crippen molar-refractivity contribution in [2.45, 2.75) is 199 Å².